The molecule has 2 aromatic rings. The average Bonchev–Trinajstić information content (AvgIpc) is 2.56. The molecule has 114 valence electrons. The number of methoxy groups -OCH3 is 2. The van der Waals surface area contributed by atoms with Crippen LogP contribution in [0.2, 0.25) is 0 Å². The molecule has 22 heavy (non-hydrogen) atoms. The van der Waals surface area contributed by atoms with Crippen LogP contribution in [0.3, 0.4) is 0 Å². The summed E-state index contributed by atoms with van der Waals surface area (Å²) < 4.78 is 10.1. The smallest absolute Gasteiger partial charge is 0.291 e. The first-order chi connectivity index (χ1) is 10.7. The lowest BCUT2D eigenvalue weighted by molar-refractivity contribution is 0.0949. The van der Waals surface area contributed by atoms with Gasteiger partial charge in [-0.3, -0.25) is 9.78 Å². The highest BCUT2D eigenvalue weighted by Crippen LogP contribution is 2.36. The molecular formula is C14H14N4O4. The Hall–Kier alpha value is -3.16. The highest BCUT2D eigenvalue weighted by Gasteiger charge is 2.10. The SMILES string of the molecule is COc1cc(/C=N\NC(=O)c2cnccn2)cc(OC)c1O. The van der Waals surface area contributed by atoms with E-state index in [2.05, 4.69) is 20.5 Å². The van der Waals surface area contributed by atoms with Gasteiger partial charge >= 0.3 is 0 Å². The Morgan fingerprint density at radius 1 is 1.27 bits per heavy atom. The summed E-state index contributed by atoms with van der Waals surface area (Å²) in [4.78, 5) is 19.4. The standard InChI is InChI=1S/C14H14N4O4/c1-21-11-5-9(6-12(22-2)13(11)19)7-17-18-14(20)10-8-15-3-4-16-10/h3-8,19H,1-2H3,(H,18,20)/b17-7-. The number of hydrogen-bond donors (Lipinski definition) is 2. The topological polar surface area (TPSA) is 106 Å². The molecule has 2 rings (SSSR count). The third kappa shape index (κ3) is 3.48. The maximum absolute atomic E-state index is 11.7. The van der Waals surface area contributed by atoms with E-state index < -0.39 is 5.91 Å². The minimum Gasteiger partial charge on any atom is -0.502 e. The predicted octanol–water partition coefficient (Wildman–Crippen LogP) is 0.963. The van der Waals surface area contributed by atoms with Crippen molar-refractivity contribution in [3.8, 4) is 17.2 Å². The molecule has 1 heterocycles. The van der Waals surface area contributed by atoms with E-state index >= 15 is 0 Å². The van der Waals surface area contributed by atoms with Gasteiger partial charge in [0, 0.05) is 18.0 Å². The van der Waals surface area contributed by atoms with Gasteiger partial charge in [0.05, 0.1) is 26.6 Å². The van der Waals surface area contributed by atoms with E-state index in [-0.39, 0.29) is 22.9 Å². The van der Waals surface area contributed by atoms with E-state index in [1.807, 2.05) is 0 Å². The van der Waals surface area contributed by atoms with E-state index in [0.717, 1.165) is 0 Å². The zero-order valence-electron chi connectivity index (χ0n) is 12.0. The van der Waals surface area contributed by atoms with E-state index in [1.165, 1.54) is 39.0 Å². The molecule has 0 aliphatic rings. The van der Waals surface area contributed by atoms with Gasteiger partial charge in [-0.05, 0) is 12.1 Å². The third-order valence-electron chi connectivity index (χ3n) is 2.68. The number of carbonyl (C=O) groups is 1. The Balaban J connectivity index is 2.12. The van der Waals surface area contributed by atoms with Crippen LogP contribution in [0.25, 0.3) is 0 Å². The number of amides is 1. The summed E-state index contributed by atoms with van der Waals surface area (Å²) in [5.74, 6) is -0.116. The van der Waals surface area contributed by atoms with E-state index in [0.29, 0.717) is 5.56 Å². The fourth-order valence-electron chi connectivity index (χ4n) is 1.63. The van der Waals surface area contributed by atoms with Crippen molar-refractivity contribution in [3.63, 3.8) is 0 Å². The summed E-state index contributed by atoms with van der Waals surface area (Å²) in [5.41, 5.74) is 3.05. The van der Waals surface area contributed by atoms with Crippen LogP contribution in [0.5, 0.6) is 17.2 Å². The molecule has 8 heteroatoms. The molecule has 8 nitrogen and oxygen atoms in total. The number of carbonyl (C=O) groups excluding carboxylic acids is 1. The molecule has 0 bridgehead atoms. The molecule has 0 radical (unpaired) electrons. The number of aromatic nitrogens is 2. The lowest BCUT2D eigenvalue weighted by Gasteiger charge is -2.09. The molecule has 0 aliphatic heterocycles. The van der Waals surface area contributed by atoms with E-state index in [9.17, 15) is 9.90 Å². The Bertz CT molecular complexity index is 663. The minimum atomic E-state index is -0.484. The number of phenols is 1. The summed E-state index contributed by atoms with van der Waals surface area (Å²) in [6, 6.07) is 3.10. The molecule has 0 unspecified atom stereocenters. The van der Waals surface area contributed by atoms with Crippen LogP contribution in [0.15, 0.2) is 35.8 Å². The number of hydrazone groups is 1. The van der Waals surface area contributed by atoms with Gasteiger partial charge < -0.3 is 14.6 Å². The highest BCUT2D eigenvalue weighted by molar-refractivity contribution is 5.92. The third-order valence-corrected chi connectivity index (χ3v) is 2.68. The second kappa shape index (κ2) is 7.02. The molecule has 0 saturated carbocycles. The van der Waals surface area contributed by atoms with Gasteiger partial charge in [-0.2, -0.15) is 5.10 Å². The maximum atomic E-state index is 11.7. The molecule has 0 atom stereocenters. The van der Waals surface area contributed by atoms with Gasteiger partial charge in [-0.1, -0.05) is 0 Å². The first-order valence-electron chi connectivity index (χ1n) is 6.20. The van der Waals surface area contributed by atoms with Crippen molar-refractivity contribution >= 4 is 12.1 Å². The summed E-state index contributed by atoms with van der Waals surface area (Å²) in [5, 5.41) is 13.6. The van der Waals surface area contributed by atoms with Gasteiger partial charge in [0.2, 0.25) is 5.75 Å². The Labute approximate surface area is 126 Å². The first kappa shape index (κ1) is 15.2. The molecule has 0 fully saturated rings. The summed E-state index contributed by atoms with van der Waals surface area (Å²) in [7, 11) is 2.84. The number of nitrogens with zero attached hydrogens (tertiary/aromatic N) is 3. The number of aromatic hydroxyl groups is 1. The van der Waals surface area contributed by atoms with Crippen molar-refractivity contribution in [1.29, 1.82) is 0 Å². The van der Waals surface area contributed by atoms with Crippen molar-refractivity contribution in [2.75, 3.05) is 14.2 Å². The number of benzene rings is 1. The van der Waals surface area contributed by atoms with Crippen LogP contribution in [0, 0.1) is 0 Å². The zero-order chi connectivity index (χ0) is 15.9. The molecule has 0 spiro atoms. The van der Waals surface area contributed by atoms with Gasteiger partial charge in [-0.25, -0.2) is 10.4 Å². The van der Waals surface area contributed by atoms with Gasteiger partial charge in [0.15, 0.2) is 11.5 Å². The quantitative estimate of drug-likeness (QED) is 0.629. The fourth-order valence-corrected chi connectivity index (χ4v) is 1.63. The van der Waals surface area contributed by atoms with E-state index in [1.54, 1.807) is 12.1 Å². The number of hydrogen-bond acceptors (Lipinski definition) is 7. The predicted molar refractivity (Wildman–Crippen MR) is 78.3 cm³/mol. The molecular weight excluding hydrogens is 288 g/mol. The van der Waals surface area contributed by atoms with Crippen LogP contribution < -0.4 is 14.9 Å². The number of nitrogens with one attached hydrogen (secondary N) is 1. The molecule has 0 saturated heterocycles. The van der Waals surface area contributed by atoms with Crippen molar-refractivity contribution in [2.45, 2.75) is 0 Å². The fraction of sp³-hybridized carbons (Fsp3) is 0.143. The molecule has 1 aromatic carbocycles. The monoisotopic (exact) mass is 302 g/mol. The Morgan fingerprint density at radius 3 is 2.50 bits per heavy atom. The van der Waals surface area contributed by atoms with Crippen LogP contribution in [-0.4, -0.2) is 41.4 Å². The van der Waals surface area contributed by atoms with Gasteiger partial charge in [0.25, 0.3) is 5.91 Å². The second-order valence-electron chi connectivity index (χ2n) is 4.06. The summed E-state index contributed by atoms with van der Waals surface area (Å²) in [6.07, 6.45) is 5.60. The van der Waals surface area contributed by atoms with Gasteiger partial charge in [-0.15, -0.1) is 0 Å². The highest BCUT2D eigenvalue weighted by atomic mass is 16.5. The zero-order valence-corrected chi connectivity index (χ0v) is 12.0. The molecule has 2 N–H and O–H groups in total. The Kier molecular flexibility index (Phi) is 4.86. The van der Waals surface area contributed by atoms with Crippen LogP contribution in [-0.2, 0) is 0 Å². The number of rotatable bonds is 5. The average molecular weight is 302 g/mol. The van der Waals surface area contributed by atoms with Crippen molar-refractivity contribution in [2.24, 2.45) is 5.10 Å². The van der Waals surface area contributed by atoms with Crippen molar-refractivity contribution in [3.05, 3.63) is 42.0 Å². The normalized spacial score (nSPS) is 10.5. The molecule has 0 aliphatic carbocycles. The molecule has 1 aromatic heterocycles. The summed E-state index contributed by atoms with van der Waals surface area (Å²) >= 11 is 0. The van der Waals surface area contributed by atoms with Gasteiger partial charge in [0.1, 0.15) is 5.69 Å². The summed E-state index contributed by atoms with van der Waals surface area (Å²) in [6.45, 7) is 0. The van der Waals surface area contributed by atoms with E-state index in [4.69, 9.17) is 9.47 Å². The Morgan fingerprint density at radius 2 is 1.95 bits per heavy atom. The van der Waals surface area contributed by atoms with Crippen LogP contribution >= 0.6 is 0 Å². The minimum absolute atomic E-state index is 0.106. The van der Waals surface area contributed by atoms with Crippen LogP contribution in [0.4, 0.5) is 0 Å². The largest absolute Gasteiger partial charge is 0.502 e. The first-order valence-corrected chi connectivity index (χ1v) is 6.20. The van der Waals surface area contributed by atoms with Crippen molar-refractivity contribution in [1.82, 2.24) is 15.4 Å². The maximum Gasteiger partial charge on any atom is 0.291 e. The number of phenolic OH excluding ortho intramolecular Hbond substituents is 1. The lowest BCUT2D eigenvalue weighted by atomic mass is 10.2. The second-order valence-corrected chi connectivity index (χ2v) is 4.06. The number of ether oxygens (including phenoxy) is 2. The van der Waals surface area contributed by atoms with Crippen LogP contribution in [0.1, 0.15) is 16.1 Å². The van der Waals surface area contributed by atoms with Crippen molar-refractivity contribution < 1.29 is 19.4 Å². The lowest BCUT2D eigenvalue weighted by Crippen LogP contribution is -2.19. The molecule has 1 amide bonds.